The average Bonchev–Trinajstić information content (AvgIpc) is 2.21. The molecule has 0 bridgehead atoms. The molecule has 0 saturated heterocycles. The highest BCUT2D eigenvalue weighted by Crippen LogP contribution is 2.20. The molecule has 0 aliphatic heterocycles. The summed E-state index contributed by atoms with van der Waals surface area (Å²) < 4.78 is 0. The first-order valence-electron chi connectivity index (χ1n) is 6.33. The fraction of sp³-hybridized carbons (Fsp3) is 0.600. The maximum absolute atomic E-state index is 6.20. The minimum Gasteiger partial charge on any atom is -0.324 e. The molecule has 2 N–H and O–H groups in total. The van der Waals surface area contributed by atoms with Crippen LogP contribution in [0.1, 0.15) is 55.8 Å². The van der Waals surface area contributed by atoms with E-state index in [4.69, 9.17) is 5.73 Å². The van der Waals surface area contributed by atoms with E-state index >= 15 is 0 Å². The zero-order valence-corrected chi connectivity index (χ0v) is 11.1. The predicted octanol–water partition coefficient (Wildman–Crippen LogP) is 4.13. The van der Waals surface area contributed by atoms with Crippen molar-refractivity contribution in [3.63, 3.8) is 0 Å². The van der Waals surface area contributed by atoms with E-state index in [2.05, 4.69) is 45.9 Å². The lowest BCUT2D eigenvalue weighted by atomic mass is 9.96. The summed E-state index contributed by atoms with van der Waals surface area (Å²) in [5.41, 5.74) is 10.2. The number of rotatable bonds is 5. The van der Waals surface area contributed by atoms with Crippen LogP contribution >= 0.6 is 0 Å². The zero-order chi connectivity index (χ0) is 12.1. The zero-order valence-electron chi connectivity index (χ0n) is 11.1. The number of benzene rings is 1. The molecule has 0 heterocycles. The highest BCUT2D eigenvalue weighted by atomic mass is 14.6. The van der Waals surface area contributed by atoms with E-state index in [0.717, 1.165) is 12.3 Å². The first-order valence-corrected chi connectivity index (χ1v) is 6.33. The van der Waals surface area contributed by atoms with E-state index in [0.29, 0.717) is 0 Å². The monoisotopic (exact) mass is 219 g/mol. The average molecular weight is 219 g/mol. The highest BCUT2D eigenvalue weighted by molar-refractivity contribution is 5.31. The number of nitrogens with two attached hydrogens (primary N) is 1. The molecule has 1 nitrogen and oxygen atoms in total. The van der Waals surface area contributed by atoms with Crippen LogP contribution in [0.15, 0.2) is 18.2 Å². The van der Waals surface area contributed by atoms with Crippen molar-refractivity contribution < 1.29 is 0 Å². The Morgan fingerprint density at radius 1 is 1.06 bits per heavy atom. The Labute approximate surface area is 100 Å². The van der Waals surface area contributed by atoms with Crippen LogP contribution in [-0.2, 0) is 0 Å². The molecule has 1 aromatic carbocycles. The Balaban J connectivity index is 2.52. The van der Waals surface area contributed by atoms with Gasteiger partial charge >= 0.3 is 0 Å². The smallest absolute Gasteiger partial charge is 0.0294 e. The summed E-state index contributed by atoms with van der Waals surface area (Å²) >= 11 is 0. The second kappa shape index (κ2) is 6.05. The second-order valence-electron chi connectivity index (χ2n) is 5.27. The van der Waals surface area contributed by atoms with Gasteiger partial charge in [0.1, 0.15) is 0 Å². The molecule has 0 aromatic heterocycles. The fourth-order valence-corrected chi connectivity index (χ4v) is 1.91. The van der Waals surface area contributed by atoms with Gasteiger partial charge in [0.2, 0.25) is 0 Å². The molecular formula is C15H25N. The second-order valence-corrected chi connectivity index (χ2v) is 5.27. The normalized spacial score (nSPS) is 13.1. The molecule has 1 rings (SSSR count). The summed E-state index contributed by atoms with van der Waals surface area (Å²) in [6, 6.07) is 6.78. The maximum Gasteiger partial charge on any atom is 0.0294 e. The molecule has 90 valence electrons. The van der Waals surface area contributed by atoms with Crippen molar-refractivity contribution in [3.8, 4) is 0 Å². The minimum absolute atomic E-state index is 0.207. The third kappa shape index (κ3) is 3.97. The van der Waals surface area contributed by atoms with Gasteiger partial charge < -0.3 is 5.73 Å². The maximum atomic E-state index is 6.20. The SMILES string of the molecule is Cc1ccc(C(N)CCCC(C)C)cc1C. The van der Waals surface area contributed by atoms with Gasteiger partial charge in [-0.1, -0.05) is 44.9 Å². The highest BCUT2D eigenvalue weighted by Gasteiger charge is 2.07. The minimum atomic E-state index is 0.207. The summed E-state index contributed by atoms with van der Waals surface area (Å²) in [6.45, 7) is 8.83. The van der Waals surface area contributed by atoms with Gasteiger partial charge in [0.25, 0.3) is 0 Å². The van der Waals surface area contributed by atoms with E-state index in [1.807, 2.05) is 0 Å². The standard InChI is InChI=1S/C15H25N/c1-11(2)6-5-7-15(16)14-9-8-12(3)13(4)10-14/h8-11,15H,5-7,16H2,1-4H3. The van der Waals surface area contributed by atoms with Crippen LogP contribution in [0.5, 0.6) is 0 Å². The Morgan fingerprint density at radius 3 is 2.31 bits per heavy atom. The summed E-state index contributed by atoms with van der Waals surface area (Å²) in [5.74, 6) is 0.784. The van der Waals surface area contributed by atoms with Crippen molar-refractivity contribution in [2.24, 2.45) is 11.7 Å². The van der Waals surface area contributed by atoms with Crippen LogP contribution in [0.2, 0.25) is 0 Å². The van der Waals surface area contributed by atoms with Crippen LogP contribution in [-0.4, -0.2) is 0 Å². The van der Waals surface area contributed by atoms with Gasteiger partial charge in [-0.25, -0.2) is 0 Å². The predicted molar refractivity (Wildman–Crippen MR) is 71.5 cm³/mol. The molecule has 0 aliphatic carbocycles. The van der Waals surface area contributed by atoms with Crippen LogP contribution in [0.25, 0.3) is 0 Å². The topological polar surface area (TPSA) is 26.0 Å². The van der Waals surface area contributed by atoms with Crippen molar-refractivity contribution in [1.82, 2.24) is 0 Å². The molecule has 0 fully saturated rings. The number of hydrogen-bond acceptors (Lipinski definition) is 1. The summed E-state index contributed by atoms with van der Waals surface area (Å²) in [7, 11) is 0. The van der Waals surface area contributed by atoms with Crippen molar-refractivity contribution in [2.75, 3.05) is 0 Å². The molecule has 0 aliphatic rings. The lowest BCUT2D eigenvalue weighted by Gasteiger charge is -2.14. The summed E-state index contributed by atoms with van der Waals surface area (Å²) in [4.78, 5) is 0. The van der Waals surface area contributed by atoms with Crippen molar-refractivity contribution in [2.45, 2.75) is 53.0 Å². The molecule has 1 heteroatoms. The molecular weight excluding hydrogens is 194 g/mol. The Hall–Kier alpha value is -0.820. The van der Waals surface area contributed by atoms with Gasteiger partial charge in [-0.05, 0) is 42.9 Å². The lowest BCUT2D eigenvalue weighted by Crippen LogP contribution is -2.10. The van der Waals surface area contributed by atoms with E-state index in [9.17, 15) is 0 Å². The molecule has 0 saturated carbocycles. The first kappa shape index (κ1) is 13.2. The molecule has 0 radical (unpaired) electrons. The largest absolute Gasteiger partial charge is 0.324 e. The van der Waals surface area contributed by atoms with Crippen LogP contribution in [0, 0.1) is 19.8 Å². The lowest BCUT2D eigenvalue weighted by molar-refractivity contribution is 0.505. The van der Waals surface area contributed by atoms with Gasteiger partial charge in [0.15, 0.2) is 0 Å². The van der Waals surface area contributed by atoms with Gasteiger partial charge in [0.05, 0.1) is 0 Å². The van der Waals surface area contributed by atoms with Crippen LogP contribution in [0.4, 0.5) is 0 Å². The molecule has 1 atom stereocenters. The van der Waals surface area contributed by atoms with Crippen LogP contribution in [0.3, 0.4) is 0 Å². The van der Waals surface area contributed by atoms with E-state index in [-0.39, 0.29) is 6.04 Å². The number of hydrogen-bond donors (Lipinski definition) is 1. The van der Waals surface area contributed by atoms with Gasteiger partial charge in [-0.2, -0.15) is 0 Å². The molecule has 0 spiro atoms. The third-order valence-electron chi connectivity index (χ3n) is 3.26. The van der Waals surface area contributed by atoms with Gasteiger partial charge in [-0.3, -0.25) is 0 Å². The van der Waals surface area contributed by atoms with E-state index < -0.39 is 0 Å². The number of aryl methyl sites for hydroxylation is 2. The van der Waals surface area contributed by atoms with Crippen molar-refractivity contribution in [1.29, 1.82) is 0 Å². The summed E-state index contributed by atoms with van der Waals surface area (Å²) in [6.07, 6.45) is 3.60. The van der Waals surface area contributed by atoms with Crippen molar-refractivity contribution >= 4 is 0 Å². The molecule has 16 heavy (non-hydrogen) atoms. The Morgan fingerprint density at radius 2 is 1.75 bits per heavy atom. The van der Waals surface area contributed by atoms with Gasteiger partial charge in [-0.15, -0.1) is 0 Å². The fourth-order valence-electron chi connectivity index (χ4n) is 1.91. The van der Waals surface area contributed by atoms with E-state index in [1.165, 1.54) is 29.5 Å². The first-order chi connectivity index (χ1) is 7.50. The molecule has 0 amide bonds. The van der Waals surface area contributed by atoms with E-state index in [1.54, 1.807) is 0 Å². The Kier molecular flexibility index (Phi) is 5.01. The Bertz CT molecular complexity index is 328. The molecule has 1 aromatic rings. The summed E-state index contributed by atoms with van der Waals surface area (Å²) in [5, 5.41) is 0. The van der Waals surface area contributed by atoms with Crippen LogP contribution < -0.4 is 5.73 Å². The third-order valence-corrected chi connectivity index (χ3v) is 3.26. The van der Waals surface area contributed by atoms with Crippen molar-refractivity contribution in [3.05, 3.63) is 34.9 Å². The quantitative estimate of drug-likeness (QED) is 0.791. The molecule has 1 unspecified atom stereocenters. The van der Waals surface area contributed by atoms with Gasteiger partial charge in [0, 0.05) is 6.04 Å².